The van der Waals surface area contributed by atoms with E-state index in [9.17, 15) is 9.59 Å². The van der Waals surface area contributed by atoms with Crippen molar-refractivity contribution >= 4 is 29.3 Å². The Kier molecular flexibility index (Phi) is 6.14. The summed E-state index contributed by atoms with van der Waals surface area (Å²) in [5.41, 5.74) is 5.68. The van der Waals surface area contributed by atoms with Gasteiger partial charge in [0.15, 0.2) is 5.16 Å². The molecule has 8 heteroatoms. The minimum atomic E-state index is -0.171. The molecule has 1 aromatic heterocycles. The van der Waals surface area contributed by atoms with Crippen LogP contribution in [0.25, 0.3) is 11.1 Å². The van der Waals surface area contributed by atoms with Crippen molar-refractivity contribution in [1.82, 2.24) is 19.7 Å². The molecule has 0 unspecified atom stereocenters. The van der Waals surface area contributed by atoms with Crippen LogP contribution in [0.2, 0.25) is 0 Å². The van der Waals surface area contributed by atoms with Gasteiger partial charge in [-0.05, 0) is 40.5 Å². The summed E-state index contributed by atoms with van der Waals surface area (Å²) in [5.74, 6) is -0.0454. The molecule has 0 atom stereocenters. The number of thioether (sulfide) groups is 1. The second kappa shape index (κ2) is 9.52. The molecule has 0 spiro atoms. The van der Waals surface area contributed by atoms with Crippen LogP contribution in [0, 0.1) is 0 Å². The number of aryl methyl sites for hydroxylation is 1. The zero-order valence-corrected chi connectivity index (χ0v) is 19.5. The van der Waals surface area contributed by atoms with E-state index in [1.165, 1.54) is 11.8 Å². The minimum Gasteiger partial charge on any atom is -0.330 e. The van der Waals surface area contributed by atoms with E-state index in [4.69, 9.17) is 0 Å². The van der Waals surface area contributed by atoms with Crippen LogP contribution < -0.4 is 5.32 Å². The van der Waals surface area contributed by atoms with Crippen LogP contribution in [0.15, 0.2) is 84.3 Å². The summed E-state index contributed by atoms with van der Waals surface area (Å²) in [4.78, 5) is 27.8. The monoisotopic (exact) mass is 469 g/mol. The van der Waals surface area contributed by atoms with Crippen molar-refractivity contribution in [3.8, 4) is 11.1 Å². The second-order valence-electron chi connectivity index (χ2n) is 8.12. The quantitative estimate of drug-likeness (QED) is 0.439. The second-order valence-corrected chi connectivity index (χ2v) is 9.06. The van der Waals surface area contributed by atoms with Gasteiger partial charge in [-0.15, -0.1) is 10.2 Å². The van der Waals surface area contributed by atoms with Crippen LogP contribution in [0.3, 0.4) is 0 Å². The first-order chi connectivity index (χ1) is 16.6. The van der Waals surface area contributed by atoms with E-state index in [1.54, 1.807) is 35.2 Å². The average Bonchev–Trinajstić information content (AvgIpc) is 3.19. The summed E-state index contributed by atoms with van der Waals surface area (Å²) >= 11 is 1.31. The molecule has 0 aliphatic carbocycles. The molecule has 7 nitrogen and oxygen atoms in total. The molecule has 0 radical (unpaired) electrons. The van der Waals surface area contributed by atoms with Crippen molar-refractivity contribution < 1.29 is 9.59 Å². The molecule has 0 saturated carbocycles. The lowest BCUT2D eigenvalue weighted by Crippen LogP contribution is -2.29. The SMILES string of the molecule is Cn1cnnc1SCC(=O)Nc1cccc(C(=O)N2Cc3ccccc3-c3ccccc3C2)c1. The number of fused-ring (bicyclic) bond motifs is 3. The molecular formula is C26H23N5O2S. The fourth-order valence-corrected chi connectivity index (χ4v) is 4.78. The fraction of sp³-hybridized carbons (Fsp3) is 0.154. The maximum atomic E-state index is 13.5. The lowest BCUT2D eigenvalue weighted by Gasteiger charge is -2.22. The van der Waals surface area contributed by atoms with Gasteiger partial charge in [-0.25, -0.2) is 0 Å². The smallest absolute Gasteiger partial charge is 0.254 e. The Morgan fingerprint density at radius 1 is 0.941 bits per heavy atom. The summed E-state index contributed by atoms with van der Waals surface area (Å²) in [6.45, 7) is 1.04. The highest BCUT2D eigenvalue weighted by atomic mass is 32.2. The molecule has 1 N–H and O–H groups in total. The number of carbonyl (C=O) groups excluding carboxylic acids is 2. The average molecular weight is 470 g/mol. The number of nitrogens with zero attached hydrogens (tertiary/aromatic N) is 4. The van der Waals surface area contributed by atoms with Gasteiger partial charge in [0.1, 0.15) is 6.33 Å². The molecule has 170 valence electrons. The Morgan fingerprint density at radius 3 is 2.26 bits per heavy atom. The Labute approximate surface area is 201 Å². The summed E-state index contributed by atoms with van der Waals surface area (Å²) in [7, 11) is 1.83. The van der Waals surface area contributed by atoms with Gasteiger partial charge in [-0.3, -0.25) is 9.59 Å². The van der Waals surface area contributed by atoms with Crippen molar-refractivity contribution in [2.45, 2.75) is 18.2 Å². The van der Waals surface area contributed by atoms with Crippen LogP contribution in [0.1, 0.15) is 21.5 Å². The van der Waals surface area contributed by atoms with Gasteiger partial charge in [-0.1, -0.05) is 66.4 Å². The van der Waals surface area contributed by atoms with Crippen molar-refractivity contribution in [3.05, 3.63) is 95.8 Å². The molecule has 5 rings (SSSR count). The Hall–Kier alpha value is -3.91. The highest BCUT2D eigenvalue weighted by Crippen LogP contribution is 2.33. The fourth-order valence-electron chi connectivity index (χ4n) is 4.10. The van der Waals surface area contributed by atoms with Gasteiger partial charge in [-0.2, -0.15) is 0 Å². The Morgan fingerprint density at radius 2 is 1.62 bits per heavy atom. The molecule has 0 bridgehead atoms. The number of benzene rings is 3. The maximum absolute atomic E-state index is 13.5. The highest BCUT2D eigenvalue weighted by Gasteiger charge is 2.23. The van der Waals surface area contributed by atoms with Gasteiger partial charge >= 0.3 is 0 Å². The number of amides is 2. The van der Waals surface area contributed by atoms with Gasteiger partial charge in [0.05, 0.1) is 5.75 Å². The van der Waals surface area contributed by atoms with E-state index < -0.39 is 0 Å². The normalized spacial score (nSPS) is 12.4. The third kappa shape index (κ3) is 4.58. The predicted octanol–water partition coefficient (Wildman–Crippen LogP) is 4.37. The van der Waals surface area contributed by atoms with Gasteiger partial charge in [0, 0.05) is 31.4 Å². The van der Waals surface area contributed by atoms with Crippen LogP contribution in [0.4, 0.5) is 5.69 Å². The molecule has 2 amide bonds. The topological polar surface area (TPSA) is 80.1 Å². The van der Waals surface area contributed by atoms with Crippen LogP contribution in [-0.4, -0.2) is 37.2 Å². The Balaban J connectivity index is 1.33. The summed E-state index contributed by atoms with van der Waals surface area (Å²) in [6, 6.07) is 23.5. The molecule has 1 aliphatic heterocycles. The summed E-state index contributed by atoms with van der Waals surface area (Å²) < 4.78 is 1.76. The van der Waals surface area contributed by atoms with E-state index in [1.807, 2.05) is 36.2 Å². The third-order valence-electron chi connectivity index (χ3n) is 5.73. The molecule has 0 saturated heterocycles. The number of anilines is 1. The van der Waals surface area contributed by atoms with E-state index in [0.717, 1.165) is 22.3 Å². The molecule has 4 aromatic rings. The zero-order chi connectivity index (χ0) is 23.5. The van der Waals surface area contributed by atoms with E-state index in [-0.39, 0.29) is 17.6 Å². The van der Waals surface area contributed by atoms with Crippen LogP contribution in [-0.2, 0) is 24.9 Å². The zero-order valence-electron chi connectivity index (χ0n) is 18.6. The number of carbonyl (C=O) groups is 2. The third-order valence-corrected chi connectivity index (χ3v) is 6.76. The summed E-state index contributed by atoms with van der Waals surface area (Å²) in [5, 5.41) is 11.3. The van der Waals surface area contributed by atoms with Crippen LogP contribution >= 0.6 is 11.8 Å². The van der Waals surface area contributed by atoms with Gasteiger partial charge in [0.25, 0.3) is 5.91 Å². The molecule has 3 aromatic carbocycles. The number of nitrogens with one attached hydrogen (secondary N) is 1. The van der Waals surface area contributed by atoms with Crippen molar-refractivity contribution in [2.24, 2.45) is 7.05 Å². The lowest BCUT2D eigenvalue weighted by atomic mass is 9.97. The molecule has 1 aliphatic rings. The van der Waals surface area contributed by atoms with E-state index >= 15 is 0 Å². The highest BCUT2D eigenvalue weighted by molar-refractivity contribution is 7.99. The maximum Gasteiger partial charge on any atom is 0.254 e. The predicted molar refractivity (Wildman–Crippen MR) is 132 cm³/mol. The number of hydrogen-bond acceptors (Lipinski definition) is 5. The van der Waals surface area contributed by atoms with E-state index in [2.05, 4.69) is 39.8 Å². The minimum absolute atomic E-state index is 0.0731. The number of hydrogen-bond donors (Lipinski definition) is 1. The first-order valence-electron chi connectivity index (χ1n) is 10.9. The number of rotatable bonds is 5. The molecule has 34 heavy (non-hydrogen) atoms. The van der Waals surface area contributed by atoms with Gasteiger partial charge < -0.3 is 14.8 Å². The molecule has 0 fully saturated rings. The molecule has 2 heterocycles. The first kappa shape index (κ1) is 21.9. The van der Waals surface area contributed by atoms with Crippen LogP contribution in [0.5, 0.6) is 0 Å². The number of aromatic nitrogens is 3. The lowest BCUT2D eigenvalue weighted by molar-refractivity contribution is -0.113. The van der Waals surface area contributed by atoms with E-state index in [0.29, 0.717) is 29.5 Å². The molecular weight excluding hydrogens is 446 g/mol. The first-order valence-corrected chi connectivity index (χ1v) is 11.9. The standard InChI is InChI=1S/C26H23N5O2S/c1-30-17-27-29-26(30)34-16-24(32)28-21-10-6-9-18(13-21)25(33)31-14-19-7-2-4-11-22(19)23-12-5-3-8-20(23)15-31/h2-13,17H,14-16H2,1H3,(H,28,32). The largest absolute Gasteiger partial charge is 0.330 e. The van der Waals surface area contributed by atoms with Crippen molar-refractivity contribution in [1.29, 1.82) is 0 Å². The van der Waals surface area contributed by atoms with Gasteiger partial charge in [0.2, 0.25) is 5.91 Å². The summed E-state index contributed by atoms with van der Waals surface area (Å²) in [6.07, 6.45) is 1.59. The Bertz CT molecular complexity index is 1320. The van der Waals surface area contributed by atoms with Crippen molar-refractivity contribution in [3.63, 3.8) is 0 Å². The van der Waals surface area contributed by atoms with Crippen molar-refractivity contribution in [2.75, 3.05) is 11.1 Å².